The minimum atomic E-state index is -0.986. The van der Waals surface area contributed by atoms with Gasteiger partial charge in [0, 0.05) is 12.4 Å². The van der Waals surface area contributed by atoms with E-state index in [1.165, 1.54) is 0 Å². The van der Waals surface area contributed by atoms with Gasteiger partial charge >= 0.3 is 5.97 Å². The molecule has 0 fully saturated rings. The minimum absolute atomic E-state index is 0.281. The molecule has 1 aromatic rings. The average Bonchev–Trinajstić information content (AvgIpc) is 2.43. The van der Waals surface area contributed by atoms with Crippen LogP contribution >= 0.6 is 0 Å². The molecule has 0 aliphatic heterocycles. The quantitative estimate of drug-likeness (QED) is 0.788. The highest BCUT2D eigenvalue weighted by atomic mass is 16.4. The summed E-state index contributed by atoms with van der Waals surface area (Å²) in [5.74, 6) is -1.67. The van der Waals surface area contributed by atoms with Gasteiger partial charge < -0.3 is 10.4 Å². The molecular weight excluding hydrogens is 244 g/mol. The second kappa shape index (κ2) is 7.51. The van der Waals surface area contributed by atoms with Gasteiger partial charge in [0.2, 0.25) is 5.91 Å². The number of nitrogens with one attached hydrogen (secondary N) is 1. The molecule has 1 heterocycles. The molecule has 1 amide bonds. The molecule has 0 aliphatic carbocycles. The molecule has 0 aliphatic rings. The molecule has 1 rings (SSSR count). The number of aliphatic carboxylic acids is 1. The Kier molecular flexibility index (Phi) is 5.99. The normalized spacial score (nSPS) is 13.6. The SMILES string of the molecule is CCCCC(NC(=O)C(C)c1cccnc1)C(=O)O. The predicted molar refractivity (Wildman–Crippen MR) is 71.7 cm³/mol. The fourth-order valence-corrected chi connectivity index (χ4v) is 1.75. The lowest BCUT2D eigenvalue weighted by Crippen LogP contribution is -2.42. The number of hydrogen-bond acceptors (Lipinski definition) is 3. The van der Waals surface area contributed by atoms with Gasteiger partial charge in [0.15, 0.2) is 0 Å². The van der Waals surface area contributed by atoms with Crippen molar-refractivity contribution in [1.29, 1.82) is 0 Å². The third-order valence-electron chi connectivity index (χ3n) is 3.04. The first-order valence-electron chi connectivity index (χ1n) is 6.49. The summed E-state index contributed by atoms with van der Waals surface area (Å²) in [7, 11) is 0. The number of carbonyl (C=O) groups is 2. The van der Waals surface area contributed by atoms with Crippen molar-refractivity contribution in [2.45, 2.75) is 45.1 Å². The molecule has 0 spiro atoms. The predicted octanol–water partition coefficient (Wildman–Crippen LogP) is 1.94. The fourth-order valence-electron chi connectivity index (χ4n) is 1.75. The molecule has 104 valence electrons. The summed E-state index contributed by atoms with van der Waals surface area (Å²) in [6.07, 6.45) is 5.38. The van der Waals surface area contributed by atoms with E-state index in [-0.39, 0.29) is 5.91 Å². The summed E-state index contributed by atoms with van der Waals surface area (Å²) in [6, 6.07) is 2.75. The number of amides is 1. The Morgan fingerprint density at radius 3 is 2.74 bits per heavy atom. The maximum absolute atomic E-state index is 12.0. The van der Waals surface area contributed by atoms with Gasteiger partial charge in [-0.3, -0.25) is 9.78 Å². The molecule has 19 heavy (non-hydrogen) atoms. The molecule has 5 heteroatoms. The van der Waals surface area contributed by atoms with Crippen LogP contribution < -0.4 is 5.32 Å². The van der Waals surface area contributed by atoms with Gasteiger partial charge in [-0.2, -0.15) is 0 Å². The monoisotopic (exact) mass is 264 g/mol. The summed E-state index contributed by atoms with van der Waals surface area (Å²) in [4.78, 5) is 27.0. The maximum atomic E-state index is 12.0. The minimum Gasteiger partial charge on any atom is -0.480 e. The van der Waals surface area contributed by atoms with Crippen LogP contribution in [0.15, 0.2) is 24.5 Å². The molecule has 2 unspecified atom stereocenters. The van der Waals surface area contributed by atoms with Crippen molar-refractivity contribution in [2.75, 3.05) is 0 Å². The van der Waals surface area contributed by atoms with E-state index >= 15 is 0 Å². The first kappa shape index (κ1) is 15.1. The smallest absolute Gasteiger partial charge is 0.326 e. The molecule has 0 saturated carbocycles. The Balaban J connectivity index is 2.64. The van der Waals surface area contributed by atoms with Crippen LogP contribution in [0.5, 0.6) is 0 Å². The zero-order valence-corrected chi connectivity index (χ0v) is 11.3. The Morgan fingerprint density at radius 1 is 1.47 bits per heavy atom. The number of carboxylic acids is 1. The summed E-state index contributed by atoms with van der Waals surface area (Å²) in [5.41, 5.74) is 0.777. The fraction of sp³-hybridized carbons (Fsp3) is 0.500. The number of aromatic nitrogens is 1. The summed E-state index contributed by atoms with van der Waals surface area (Å²) < 4.78 is 0. The Hall–Kier alpha value is -1.91. The van der Waals surface area contributed by atoms with Crippen LogP contribution in [0.25, 0.3) is 0 Å². The second-order valence-corrected chi connectivity index (χ2v) is 4.55. The lowest BCUT2D eigenvalue weighted by atomic mass is 10.0. The Labute approximate surface area is 113 Å². The van der Waals surface area contributed by atoms with Crippen LogP contribution in [-0.4, -0.2) is 28.0 Å². The summed E-state index contributed by atoms with van der Waals surface area (Å²) in [5, 5.41) is 11.7. The third kappa shape index (κ3) is 4.69. The summed E-state index contributed by atoms with van der Waals surface area (Å²) >= 11 is 0. The molecule has 2 N–H and O–H groups in total. The van der Waals surface area contributed by atoms with Crippen LogP contribution in [0, 0.1) is 0 Å². The largest absolute Gasteiger partial charge is 0.480 e. The van der Waals surface area contributed by atoms with Crippen LogP contribution in [0.4, 0.5) is 0 Å². The second-order valence-electron chi connectivity index (χ2n) is 4.55. The van der Waals surface area contributed by atoms with E-state index in [1.807, 2.05) is 6.92 Å². The van der Waals surface area contributed by atoms with E-state index in [0.29, 0.717) is 6.42 Å². The summed E-state index contributed by atoms with van der Waals surface area (Å²) in [6.45, 7) is 3.73. The highest BCUT2D eigenvalue weighted by molar-refractivity contribution is 5.87. The van der Waals surface area contributed by atoms with Crippen molar-refractivity contribution < 1.29 is 14.7 Å². The van der Waals surface area contributed by atoms with E-state index in [4.69, 9.17) is 5.11 Å². The van der Waals surface area contributed by atoms with E-state index in [9.17, 15) is 9.59 Å². The van der Waals surface area contributed by atoms with Crippen molar-refractivity contribution >= 4 is 11.9 Å². The van der Waals surface area contributed by atoms with Crippen molar-refractivity contribution in [3.8, 4) is 0 Å². The van der Waals surface area contributed by atoms with E-state index in [0.717, 1.165) is 18.4 Å². The van der Waals surface area contributed by atoms with Crippen molar-refractivity contribution in [3.63, 3.8) is 0 Å². The zero-order valence-electron chi connectivity index (χ0n) is 11.3. The van der Waals surface area contributed by atoms with Crippen molar-refractivity contribution in [1.82, 2.24) is 10.3 Å². The Morgan fingerprint density at radius 2 is 2.21 bits per heavy atom. The lowest BCUT2D eigenvalue weighted by molar-refractivity contribution is -0.142. The van der Waals surface area contributed by atoms with Crippen LogP contribution in [0.1, 0.15) is 44.6 Å². The number of rotatable bonds is 7. The molecule has 5 nitrogen and oxygen atoms in total. The Bertz CT molecular complexity index is 420. The number of hydrogen-bond donors (Lipinski definition) is 2. The molecule has 0 aromatic carbocycles. The van der Waals surface area contributed by atoms with E-state index < -0.39 is 17.9 Å². The standard InChI is InChI=1S/C14H20N2O3/c1-3-4-7-12(14(18)19)16-13(17)10(2)11-6-5-8-15-9-11/h5-6,8-10,12H,3-4,7H2,1-2H3,(H,16,17)(H,18,19). The van der Waals surface area contributed by atoms with Crippen molar-refractivity contribution in [2.24, 2.45) is 0 Å². The van der Waals surface area contributed by atoms with Gasteiger partial charge in [-0.15, -0.1) is 0 Å². The first-order chi connectivity index (χ1) is 9.06. The van der Waals surface area contributed by atoms with Crippen LogP contribution in [0.2, 0.25) is 0 Å². The van der Waals surface area contributed by atoms with Gasteiger partial charge in [-0.1, -0.05) is 25.8 Å². The molecule has 2 atom stereocenters. The number of carbonyl (C=O) groups excluding carboxylic acids is 1. The van der Waals surface area contributed by atoms with Gasteiger partial charge in [0.1, 0.15) is 6.04 Å². The lowest BCUT2D eigenvalue weighted by Gasteiger charge is -2.17. The maximum Gasteiger partial charge on any atom is 0.326 e. The number of pyridine rings is 1. The van der Waals surface area contributed by atoms with Gasteiger partial charge in [0.05, 0.1) is 5.92 Å². The molecule has 0 radical (unpaired) electrons. The third-order valence-corrected chi connectivity index (χ3v) is 3.04. The number of unbranched alkanes of at least 4 members (excludes halogenated alkanes) is 1. The molecular formula is C14H20N2O3. The molecule has 1 aromatic heterocycles. The highest BCUT2D eigenvalue weighted by Crippen LogP contribution is 2.14. The van der Waals surface area contributed by atoms with E-state index in [1.54, 1.807) is 31.5 Å². The number of carboxylic acid groups (broad SMARTS) is 1. The zero-order chi connectivity index (χ0) is 14.3. The highest BCUT2D eigenvalue weighted by Gasteiger charge is 2.23. The number of nitrogens with zero attached hydrogens (tertiary/aromatic N) is 1. The van der Waals surface area contributed by atoms with Gasteiger partial charge in [-0.25, -0.2) is 4.79 Å². The first-order valence-corrected chi connectivity index (χ1v) is 6.49. The topological polar surface area (TPSA) is 79.3 Å². The van der Waals surface area contributed by atoms with Crippen LogP contribution in [-0.2, 0) is 9.59 Å². The van der Waals surface area contributed by atoms with Gasteiger partial charge in [-0.05, 0) is 25.0 Å². The van der Waals surface area contributed by atoms with Crippen molar-refractivity contribution in [3.05, 3.63) is 30.1 Å². The van der Waals surface area contributed by atoms with Gasteiger partial charge in [0.25, 0.3) is 0 Å². The average molecular weight is 264 g/mol. The van der Waals surface area contributed by atoms with Crippen LogP contribution in [0.3, 0.4) is 0 Å². The molecule has 0 saturated heterocycles. The van der Waals surface area contributed by atoms with E-state index in [2.05, 4.69) is 10.3 Å². The molecule has 0 bridgehead atoms.